The van der Waals surface area contributed by atoms with E-state index < -0.39 is 12.0 Å². The molecule has 7 nitrogen and oxygen atoms in total. The minimum Gasteiger partial charge on any atom is -0.480 e. The number of nitrogens with one attached hydrogen (secondary N) is 1. The number of carbonyl (C=O) groups is 2. The summed E-state index contributed by atoms with van der Waals surface area (Å²) in [5, 5.41) is 9.77. The number of hydrogen-bond acceptors (Lipinski definition) is 4. The number of imidazole rings is 1. The van der Waals surface area contributed by atoms with Gasteiger partial charge in [-0.1, -0.05) is 26.3 Å². The van der Waals surface area contributed by atoms with Gasteiger partial charge in [0.25, 0.3) is 5.91 Å². The molecule has 1 saturated heterocycles. The Labute approximate surface area is 175 Å². The van der Waals surface area contributed by atoms with Gasteiger partial charge in [0, 0.05) is 24.0 Å². The number of aromatic amines is 1. The number of hydrogen-bond donors (Lipinski definition) is 2. The van der Waals surface area contributed by atoms with Crippen LogP contribution in [0.5, 0.6) is 0 Å². The van der Waals surface area contributed by atoms with E-state index in [1.54, 1.807) is 23.4 Å². The molecule has 1 aliphatic heterocycles. The Bertz CT molecular complexity index is 1080. The van der Waals surface area contributed by atoms with Gasteiger partial charge in [0.2, 0.25) is 0 Å². The second-order valence-electron chi connectivity index (χ2n) is 7.94. The molecule has 156 valence electrons. The number of rotatable bonds is 3. The molecule has 3 unspecified atom stereocenters. The summed E-state index contributed by atoms with van der Waals surface area (Å²) < 4.78 is 0. The maximum Gasteiger partial charge on any atom is 0.326 e. The summed E-state index contributed by atoms with van der Waals surface area (Å²) >= 11 is 0. The third-order valence-electron chi connectivity index (χ3n) is 6.30. The van der Waals surface area contributed by atoms with E-state index in [0.29, 0.717) is 23.3 Å². The minimum absolute atomic E-state index is 0. The number of pyridine rings is 1. The molecule has 2 aromatic heterocycles. The fourth-order valence-corrected chi connectivity index (χ4v) is 4.96. The number of aliphatic carboxylic acids is 1. The van der Waals surface area contributed by atoms with E-state index in [1.807, 2.05) is 24.3 Å². The molecule has 30 heavy (non-hydrogen) atoms. The summed E-state index contributed by atoms with van der Waals surface area (Å²) in [7, 11) is 0. The third kappa shape index (κ3) is 3.24. The number of benzene rings is 1. The molecule has 3 aromatic rings. The topological polar surface area (TPSA) is 99.2 Å². The summed E-state index contributed by atoms with van der Waals surface area (Å²) in [6.07, 6.45) is 7.95. The average molecular weight is 406 g/mol. The Balaban J connectivity index is 0.00000218. The number of carbonyl (C=O) groups excluding carboxylic acids is 1. The number of likely N-dealkylation sites (tertiary alicyclic amines) is 1. The van der Waals surface area contributed by atoms with E-state index in [4.69, 9.17) is 0 Å². The van der Waals surface area contributed by atoms with E-state index in [0.717, 1.165) is 36.8 Å². The van der Waals surface area contributed by atoms with Crippen LogP contribution in [0, 0.1) is 5.92 Å². The number of fused-ring (bicyclic) bond motifs is 2. The molecule has 3 atom stereocenters. The molecule has 0 radical (unpaired) electrons. The van der Waals surface area contributed by atoms with E-state index in [9.17, 15) is 14.7 Å². The van der Waals surface area contributed by atoms with Crippen molar-refractivity contribution in [2.24, 2.45) is 5.92 Å². The van der Waals surface area contributed by atoms with Gasteiger partial charge in [0.1, 0.15) is 17.4 Å². The Morgan fingerprint density at radius 3 is 2.63 bits per heavy atom. The van der Waals surface area contributed by atoms with Crippen LogP contribution in [0.2, 0.25) is 0 Å². The molecule has 1 amide bonds. The first-order valence-corrected chi connectivity index (χ1v) is 10.1. The van der Waals surface area contributed by atoms with Gasteiger partial charge in [-0.3, -0.25) is 9.78 Å². The molecule has 1 aromatic carbocycles. The highest BCUT2D eigenvalue weighted by Gasteiger charge is 2.48. The van der Waals surface area contributed by atoms with Crippen LogP contribution in [0.4, 0.5) is 0 Å². The standard InChI is InChI=1S/C22H22N4O3.CH4/c27-21(26-17-7-2-1-4-14(17)12-18(26)22(28)29)15-5-3-6-16-19(15)25-20(24-16)13-8-10-23-11-9-13;/h3,5-6,8-11,14,17-18H,1-2,4,7,12H2,(H,24,25)(H,28,29);1H4. The highest BCUT2D eigenvalue weighted by atomic mass is 16.4. The molecule has 2 aliphatic rings. The number of nitrogens with zero attached hydrogens (tertiary/aromatic N) is 3. The molecule has 7 heteroatoms. The molecule has 1 aliphatic carbocycles. The van der Waals surface area contributed by atoms with Crippen LogP contribution in [0.15, 0.2) is 42.7 Å². The summed E-state index contributed by atoms with van der Waals surface area (Å²) in [5.74, 6) is -0.210. The summed E-state index contributed by atoms with van der Waals surface area (Å²) in [6.45, 7) is 0. The Kier molecular flexibility index (Phi) is 5.28. The van der Waals surface area contributed by atoms with Crippen LogP contribution < -0.4 is 0 Å². The molecule has 5 rings (SSSR count). The van der Waals surface area contributed by atoms with E-state index in [-0.39, 0.29) is 25.3 Å². The maximum absolute atomic E-state index is 13.6. The molecule has 1 saturated carbocycles. The Morgan fingerprint density at radius 2 is 1.87 bits per heavy atom. The lowest BCUT2D eigenvalue weighted by molar-refractivity contribution is -0.141. The van der Waals surface area contributed by atoms with Crippen LogP contribution in [-0.4, -0.2) is 48.9 Å². The van der Waals surface area contributed by atoms with Crippen molar-refractivity contribution in [3.8, 4) is 11.4 Å². The number of para-hydroxylation sites is 1. The Morgan fingerprint density at radius 1 is 1.10 bits per heavy atom. The molecule has 2 fully saturated rings. The second kappa shape index (κ2) is 7.89. The lowest BCUT2D eigenvalue weighted by Crippen LogP contribution is -2.46. The lowest BCUT2D eigenvalue weighted by Gasteiger charge is -2.33. The predicted molar refractivity (Wildman–Crippen MR) is 114 cm³/mol. The van der Waals surface area contributed by atoms with Crippen molar-refractivity contribution in [2.75, 3.05) is 0 Å². The Hall–Kier alpha value is -3.22. The van der Waals surface area contributed by atoms with Crippen LogP contribution in [0.25, 0.3) is 22.4 Å². The van der Waals surface area contributed by atoms with Crippen molar-refractivity contribution >= 4 is 22.9 Å². The van der Waals surface area contributed by atoms with Gasteiger partial charge in [-0.25, -0.2) is 9.78 Å². The molecule has 2 N–H and O–H groups in total. The fraction of sp³-hybridized carbons (Fsp3) is 0.391. The number of carboxylic acids is 1. The van der Waals surface area contributed by atoms with Gasteiger partial charge >= 0.3 is 5.97 Å². The van der Waals surface area contributed by atoms with Gasteiger partial charge in [-0.15, -0.1) is 0 Å². The zero-order chi connectivity index (χ0) is 20.0. The van der Waals surface area contributed by atoms with E-state index in [2.05, 4.69) is 15.0 Å². The fourth-order valence-electron chi connectivity index (χ4n) is 4.96. The first-order valence-electron chi connectivity index (χ1n) is 10.1. The predicted octanol–water partition coefficient (Wildman–Crippen LogP) is 4.12. The van der Waals surface area contributed by atoms with E-state index in [1.165, 1.54) is 0 Å². The van der Waals surface area contributed by atoms with Crippen molar-refractivity contribution < 1.29 is 14.7 Å². The van der Waals surface area contributed by atoms with Crippen molar-refractivity contribution in [2.45, 2.75) is 51.6 Å². The highest BCUT2D eigenvalue weighted by molar-refractivity contribution is 6.06. The largest absolute Gasteiger partial charge is 0.480 e. The van der Waals surface area contributed by atoms with Gasteiger partial charge in [-0.2, -0.15) is 0 Å². The molecular formula is C23H26N4O3. The number of H-pyrrole nitrogens is 1. The molecule has 0 bridgehead atoms. The van der Waals surface area contributed by atoms with Crippen molar-refractivity contribution in [1.29, 1.82) is 0 Å². The van der Waals surface area contributed by atoms with Gasteiger partial charge < -0.3 is 15.0 Å². The second-order valence-corrected chi connectivity index (χ2v) is 7.94. The average Bonchev–Trinajstić information content (AvgIpc) is 3.35. The summed E-state index contributed by atoms with van der Waals surface area (Å²) in [6, 6.07) is 8.40. The monoisotopic (exact) mass is 406 g/mol. The number of amides is 1. The normalized spacial score (nSPS) is 23.1. The quantitative estimate of drug-likeness (QED) is 0.682. The highest BCUT2D eigenvalue weighted by Crippen LogP contribution is 2.41. The van der Waals surface area contributed by atoms with Crippen molar-refractivity contribution in [1.82, 2.24) is 19.9 Å². The lowest BCUT2D eigenvalue weighted by atomic mass is 9.84. The molecule has 0 spiro atoms. The molecular weight excluding hydrogens is 380 g/mol. The third-order valence-corrected chi connectivity index (χ3v) is 6.30. The van der Waals surface area contributed by atoms with Crippen LogP contribution in [0.3, 0.4) is 0 Å². The SMILES string of the molecule is C.O=C(O)C1CC2CCCCC2N1C(=O)c1cccc2[nH]c(-c3ccncc3)nc12. The number of aromatic nitrogens is 3. The zero-order valence-electron chi connectivity index (χ0n) is 15.9. The minimum atomic E-state index is -0.917. The first kappa shape index (κ1) is 20.1. The van der Waals surface area contributed by atoms with Gasteiger partial charge in [0.05, 0.1) is 11.1 Å². The van der Waals surface area contributed by atoms with Gasteiger partial charge in [-0.05, 0) is 49.4 Å². The van der Waals surface area contributed by atoms with Crippen LogP contribution in [-0.2, 0) is 4.79 Å². The maximum atomic E-state index is 13.6. The van der Waals surface area contributed by atoms with Gasteiger partial charge in [0.15, 0.2) is 0 Å². The number of carboxylic acid groups (broad SMARTS) is 1. The van der Waals surface area contributed by atoms with Crippen molar-refractivity contribution in [3.63, 3.8) is 0 Å². The van der Waals surface area contributed by atoms with Crippen LogP contribution in [0.1, 0.15) is 49.9 Å². The zero-order valence-corrected chi connectivity index (χ0v) is 15.9. The first-order chi connectivity index (χ1) is 14.1. The summed E-state index contributed by atoms with van der Waals surface area (Å²) in [5.41, 5.74) is 2.67. The van der Waals surface area contributed by atoms with Crippen molar-refractivity contribution in [3.05, 3.63) is 48.3 Å². The summed E-state index contributed by atoms with van der Waals surface area (Å²) in [4.78, 5) is 39.1. The van der Waals surface area contributed by atoms with Crippen LogP contribution >= 0.6 is 0 Å². The molecule has 3 heterocycles. The smallest absolute Gasteiger partial charge is 0.326 e. The van der Waals surface area contributed by atoms with E-state index >= 15 is 0 Å².